The Labute approximate surface area is 111 Å². The molecule has 0 unspecified atom stereocenters. The van der Waals surface area contributed by atoms with Crippen LogP contribution < -0.4 is 5.43 Å². The minimum absolute atomic E-state index is 0.0482. The average molecular weight is 260 g/mol. The van der Waals surface area contributed by atoms with E-state index in [-0.39, 0.29) is 11.4 Å². The van der Waals surface area contributed by atoms with E-state index in [1.54, 1.807) is 25.1 Å². The van der Waals surface area contributed by atoms with Crippen molar-refractivity contribution in [1.29, 1.82) is 0 Å². The molecule has 1 aromatic heterocycles. The van der Waals surface area contributed by atoms with E-state index in [1.807, 2.05) is 6.07 Å². The molecular formula is C15H16O4. The van der Waals surface area contributed by atoms with Crippen LogP contribution in [0.3, 0.4) is 0 Å². The van der Waals surface area contributed by atoms with Crippen LogP contribution in [0.2, 0.25) is 0 Å². The standard InChI is InChI=1S/C15H16O4/c1-2-18-15(17)9-5-6-11-10-13(16)12-7-3-4-8-14(12)19-11/h3-4,7-8,10H,2,5-6,9H2,1H3. The summed E-state index contributed by atoms with van der Waals surface area (Å²) in [7, 11) is 0. The first-order valence-corrected chi connectivity index (χ1v) is 6.38. The van der Waals surface area contributed by atoms with Gasteiger partial charge in [0.25, 0.3) is 0 Å². The van der Waals surface area contributed by atoms with Gasteiger partial charge in [0.05, 0.1) is 12.0 Å². The van der Waals surface area contributed by atoms with Gasteiger partial charge in [0.15, 0.2) is 5.43 Å². The highest BCUT2D eigenvalue weighted by atomic mass is 16.5. The van der Waals surface area contributed by atoms with Crippen molar-refractivity contribution in [2.24, 2.45) is 0 Å². The summed E-state index contributed by atoms with van der Waals surface area (Å²) in [5, 5.41) is 0.580. The van der Waals surface area contributed by atoms with Crippen molar-refractivity contribution < 1.29 is 13.9 Å². The zero-order valence-corrected chi connectivity index (χ0v) is 10.8. The lowest BCUT2D eigenvalue weighted by molar-refractivity contribution is -0.143. The second kappa shape index (κ2) is 6.18. The van der Waals surface area contributed by atoms with Gasteiger partial charge in [0, 0.05) is 18.9 Å². The zero-order chi connectivity index (χ0) is 13.7. The summed E-state index contributed by atoms with van der Waals surface area (Å²) in [5.74, 6) is 0.388. The third-order valence-corrected chi connectivity index (χ3v) is 2.80. The van der Waals surface area contributed by atoms with Crippen LogP contribution in [0.15, 0.2) is 39.5 Å². The SMILES string of the molecule is CCOC(=O)CCCc1cc(=O)c2ccccc2o1. The van der Waals surface area contributed by atoms with E-state index in [0.29, 0.717) is 42.6 Å². The van der Waals surface area contributed by atoms with Crippen molar-refractivity contribution in [2.75, 3.05) is 6.61 Å². The number of carbonyl (C=O) groups is 1. The third kappa shape index (κ3) is 3.44. The van der Waals surface area contributed by atoms with Crippen LogP contribution in [0.5, 0.6) is 0 Å². The minimum atomic E-state index is -0.217. The van der Waals surface area contributed by atoms with Crippen molar-refractivity contribution in [3.63, 3.8) is 0 Å². The molecule has 0 saturated heterocycles. The Balaban J connectivity index is 2.05. The molecule has 0 aliphatic heterocycles. The number of fused-ring (bicyclic) bond motifs is 1. The van der Waals surface area contributed by atoms with Gasteiger partial charge in [-0.05, 0) is 25.5 Å². The number of benzene rings is 1. The Hall–Kier alpha value is -2.10. The lowest BCUT2D eigenvalue weighted by Crippen LogP contribution is -2.05. The Morgan fingerprint density at radius 2 is 2.11 bits per heavy atom. The number of rotatable bonds is 5. The van der Waals surface area contributed by atoms with Crippen LogP contribution in [0.25, 0.3) is 11.0 Å². The summed E-state index contributed by atoms with van der Waals surface area (Å²) in [4.78, 5) is 23.0. The molecule has 2 rings (SSSR count). The Morgan fingerprint density at radius 3 is 2.89 bits per heavy atom. The molecule has 0 radical (unpaired) electrons. The van der Waals surface area contributed by atoms with Crippen molar-refractivity contribution in [2.45, 2.75) is 26.2 Å². The molecule has 0 bridgehead atoms. The summed E-state index contributed by atoms with van der Waals surface area (Å²) in [6, 6.07) is 8.63. The highest BCUT2D eigenvalue weighted by molar-refractivity contribution is 5.76. The first kappa shape index (κ1) is 13.3. The summed E-state index contributed by atoms with van der Waals surface area (Å²) in [6.07, 6.45) is 1.50. The first-order valence-electron chi connectivity index (χ1n) is 6.38. The molecule has 0 fully saturated rings. The molecule has 4 nitrogen and oxygen atoms in total. The smallest absolute Gasteiger partial charge is 0.305 e. The molecule has 0 saturated carbocycles. The molecule has 0 amide bonds. The van der Waals surface area contributed by atoms with E-state index in [0.717, 1.165) is 0 Å². The highest BCUT2D eigenvalue weighted by Crippen LogP contribution is 2.13. The van der Waals surface area contributed by atoms with Crippen molar-refractivity contribution in [3.8, 4) is 0 Å². The van der Waals surface area contributed by atoms with Crippen molar-refractivity contribution >= 4 is 16.9 Å². The zero-order valence-electron chi connectivity index (χ0n) is 10.8. The quantitative estimate of drug-likeness (QED) is 0.775. The van der Waals surface area contributed by atoms with Gasteiger partial charge in [-0.2, -0.15) is 0 Å². The van der Waals surface area contributed by atoms with E-state index in [2.05, 4.69) is 0 Å². The largest absolute Gasteiger partial charge is 0.466 e. The molecule has 1 aromatic carbocycles. The van der Waals surface area contributed by atoms with Gasteiger partial charge in [-0.1, -0.05) is 12.1 Å². The van der Waals surface area contributed by atoms with Gasteiger partial charge in [-0.25, -0.2) is 0 Å². The molecule has 0 aliphatic carbocycles. The van der Waals surface area contributed by atoms with Crippen LogP contribution in [-0.2, 0) is 16.0 Å². The number of ether oxygens (including phenoxy) is 1. The summed E-state index contributed by atoms with van der Waals surface area (Å²) in [6.45, 7) is 2.17. The molecule has 100 valence electrons. The minimum Gasteiger partial charge on any atom is -0.466 e. The maximum absolute atomic E-state index is 11.8. The molecule has 0 aliphatic rings. The Kier molecular flexibility index (Phi) is 4.34. The number of carbonyl (C=O) groups excluding carboxylic acids is 1. The van der Waals surface area contributed by atoms with Crippen LogP contribution >= 0.6 is 0 Å². The predicted octanol–water partition coefficient (Wildman–Crippen LogP) is 2.68. The number of hydrogen-bond acceptors (Lipinski definition) is 4. The monoisotopic (exact) mass is 260 g/mol. The van der Waals surface area contributed by atoms with Crippen LogP contribution in [0.4, 0.5) is 0 Å². The van der Waals surface area contributed by atoms with Gasteiger partial charge >= 0.3 is 5.97 Å². The fourth-order valence-corrected chi connectivity index (χ4v) is 1.92. The second-order valence-electron chi connectivity index (χ2n) is 4.23. The van der Waals surface area contributed by atoms with E-state index in [1.165, 1.54) is 6.07 Å². The highest BCUT2D eigenvalue weighted by Gasteiger charge is 2.06. The molecule has 0 spiro atoms. The molecule has 1 heterocycles. The Morgan fingerprint density at radius 1 is 1.32 bits per heavy atom. The number of hydrogen-bond donors (Lipinski definition) is 0. The number of aryl methyl sites for hydroxylation is 1. The van der Waals surface area contributed by atoms with Crippen LogP contribution in [0.1, 0.15) is 25.5 Å². The summed E-state index contributed by atoms with van der Waals surface area (Å²) in [5.41, 5.74) is 0.536. The van der Waals surface area contributed by atoms with Crippen molar-refractivity contribution in [1.82, 2.24) is 0 Å². The fourth-order valence-electron chi connectivity index (χ4n) is 1.92. The van der Waals surface area contributed by atoms with E-state index in [4.69, 9.17) is 9.15 Å². The molecule has 4 heteroatoms. The molecular weight excluding hydrogens is 244 g/mol. The van der Waals surface area contributed by atoms with E-state index >= 15 is 0 Å². The van der Waals surface area contributed by atoms with Gasteiger partial charge in [0.1, 0.15) is 11.3 Å². The number of para-hydroxylation sites is 1. The maximum atomic E-state index is 11.8. The van der Waals surface area contributed by atoms with Gasteiger partial charge < -0.3 is 9.15 Å². The van der Waals surface area contributed by atoms with E-state index in [9.17, 15) is 9.59 Å². The summed E-state index contributed by atoms with van der Waals surface area (Å²) < 4.78 is 10.5. The van der Waals surface area contributed by atoms with Gasteiger partial charge in [-0.15, -0.1) is 0 Å². The lowest BCUT2D eigenvalue weighted by Gasteiger charge is -2.03. The van der Waals surface area contributed by atoms with Gasteiger partial charge in [-0.3, -0.25) is 9.59 Å². The van der Waals surface area contributed by atoms with Crippen molar-refractivity contribution in [3.05, 3.63) is 46.3 Å². The maximum Gasteiger partial charge on any atom is 0.305 e. The topological polar surface area (TPSA) is 56.5 Å². The predicted molar refractivity (Wildman–Crippen MR) is 72.1 cm³/mol. The average Bonchev–Trinajstić information content (AvgIpc) is 2.39. The molecule has 2 aromatic rings. The molecule has 19 heavy (non-hydrogen) atoms. The Bertz CT molecular complexity index is 627. The molecule has 0 atom stereocenters. The lowest BCUT2D eigenvalue weighted by atomic mass is 10.1. The van der Waals surface area contributed by atoms with Crippen LogP contribution in [-0.4, -0.2) is 12.6 Å². The van der Waals surface area contributed by atoms with E-state index < -0.39 is 0 Å². The fraction of sp³-hybridized carbons (Fsp3) is 0.333. The van der Waals surface area contributed by atoms with Crippen LogP contribution in [0, 0.1) is 0 Å². The second-order valence-corrected chi connectivity index (χ2v) is 4.23. The summed E-state index contributed by atoms with van der Waals surface area (Å²) >= 11 is 0. The number of esters is 1. The third-order valence-electron chi connectivity index (χ3n) is 2.80. The van der Waals surface area contributed by atoms with Gasteiger partial charge in [0.2, 0.25) is 0 Å². The molecule has 0 N–H and O–H groups in total. The normalized spacial score (nSPS) is 10.6. The first-order chi connectivity index (χ1) is 9.20.